The molecule has 0 radical (unpaired) electrons. The number of hydrogen-bond acceptors (Lipinski definition) is 4. The molecule has 0 fully saturated rings. The summed E-state index contributed by atoms with van der Waals surface area (Å²) in [5, 5.41) is 0. The number of pyridine rings is 1. The highest BCUT2D eigenvalue weighted by Gasteiger charge is 2.11. The number of para-hydroxylation sites is 2. The molecule has 0 aliphatic rings. The van der Waals surface area contributed by atoms with Gasteiger partial charge in [-0.15, -0.1) is 5.69 Å². The standard InChI is InChI=1S/C12H11N2O3S.C11H15N2/c1-17-11-2-4-12(5-3-11)18(15,16)14-10-6-8-13-9-7-10;1-3-12-9-13(4-2)11-8-6-5-7-10(11)12/h2-9H,1H3;5-9H,3-4H2,1-2H3/q-1;+1. The minimum atomic E-state index is -3.70. The summed E-state index contributed by atoms with van der Waals surface area (Å²) in [6.45, 7) is 6.42. The van der Waals surface area contributed by atoms with Gasteiger partial charge in [-0.1, -0.05) is 24.3 Å². The van der Waals surface area contributed by atoms with Crippen LogP contribution in [0.15, 0.2) is 84.3 Å². The molecule has 4 aromatic rings. The zero-order chi connectivity index (χ0) is 22.3. The van der Waals surface area contributed by atoms with Crippen molar-refractivity contribution >= 4 is 26.7 Å². The Morgan fingerprint density at radius 1 is 1.00 bits per heavy atom. The van der Waals surface area contributed by atoms with Gasteiger partial charge in [-0.25, -0.2) is 17.6 Å². The largest absolute Gasteiger partial charge is 0.573 e. The molecule has 0 amide bonds. The molecule has 162 valence electrons. The maximum atomic E-state index is 12.0. The van der Waals surface area contributed by atoms with Crippen molar-refractivity contribution in [2.24, 2.45) is 0 Å². The van der Waals surface area contributed by atoms with Crippen LogP contribution >= 0.6 is 0 Å². The van der Waals surface area contributed by atoms with Crippen LogP contribution in [0.3, 0.4) is 0 Å². The van der Waals surface area contributed by atoms with Gasteiger partial charge in [0, 0.05) is 12.4 Å². The van der Waals surface area contributed by atoms with E-state index in [0.717, 1.165) is 13.1 Å². The van der Waals surface area contributed by atoms with E-state index in [-0.39, 0.29) is 4.90 Å². The number of imidazole rings is 1. The summed E-state index contributed by atoms with van der Waals surface area (Å²) >= 11 is 0. The number of benzene rings is 2. The lowest BCUT2D eigenvalue weighted by atomic mass is 10.3. The lowest BCUT2D eigenvalue weighted by Gasteiger charge is -2.21. The fourth-order valence-corrected chi connectivity index (χ4v) is 4.08. The highest BCUT2D eigenvalue weighted by atomic mass is 32.2. The van der Waals surface area contributed by atoms with Crippen molar-refractivity contribution in [1.82, 2.24) is 9.55 Å². The molecule has 0 saturated carbocycles. The first kappa shape index (κ1) is 22.3. The minimum Gasteiger partial charge on any atom is -0.573 e. The predicted molar refractivity (Wildman–Crippen MR) is 121 cm³/mol. The van der Waals surface area contributed by atoms with Crippen molar-refractivity contribution in [2.75, 3.05) is 7.11 Å². The van der Waals surface area contributed by atoms with E-state index < -0.39 is 10.0 Å². The fraction of sp³-hybridized carbons (Fsp3) is 0.217. The Morgan fingerprint density at radius 3 is 2.29 bits per heavy atom. The van der Waals surface area contributed by atoms with Crippen molar-refractivity contribution in [3.63, 3.8) is 0 Å². The second-order valence-corrected chi connectivity index (χ2v) is 8.23. The molecule has 2 aromatic carbocycles. The third kappa shape index (κ3) is 5.40. The lowest BCUT2D eigenvalue weighted by molar-refractivity contribution is -0.668. The van der Waals surface area contributed by atoms with Crippen molar-refractivity contribution in [3.8, 4) is 5.75 Å². The molecular weight excluding hydrogens is 412 g/mol. The second kappa shape index (κ2) is 10.1. The van der Waals surface area contributed by atoms with Crippen LogP contribution < -0.4 is 9.30 Å². The average Bonchev–Trinajstić information content (AvgIpc) is 3.18. The number of hydrogen-bond donors (Lipinski definition) is 0. The highest BCUT2D eigenvalue weighted by molar-refractivity contribution is 7.94. The smallest absolute Gasteiger partial charge is 0.244 e. The SMILES string of the molecule is CCn1c[n+](CC)c2ccccc21.COc1ccc(S(=O)(=O)[N-]c2ccncc2)cc1. The summed E-state index contributed by atoms with van der Waals surface area (Å²) in [7, 11) is -2.18. The van der Waals surface area contributed by atoms with Gasteiger partial charge in [0.2, 0.25) is 6.33 Å². The molecule has 0 N–H and O–H groups in total. The number of rotatable bonds is 6. The van der Waals surface area contributed by atoms with Gasteiger partial charge in [0.1, 0.15) is 15.8 Å². The zero-order valence-corrected chi connectivity index (χ0v) is 18.7. The fourth-order valence-electron chi connectivity index (χ4n) is 3.09. The van der Waals surface area contributed by atoms with Crippen molar-refractivity contribution in [1.29, 1.82) is 0 Å². The van der Waals surface area contributed by atoms with E-state index in [1.807, 2.05) is 0 Å². The van der Waals surface area contributed by atoms with Gasteiger partial charge in [-0.05, 0) is 50.2 Å². The summed E-state index contributed by atoms with van der Waals surface area (Å²) in [5.41, 5.74) is 3.00. The molecule has 4 rings (SSSR count). The van der Waals surface area contributed by atoms with Gasteiger partial charge < -0.3 is 9.46 Å². The molecule has 31 heavy (non-hydrogen) atoms. The third-order valence-corrected chi connectivity index (χ3v) is 6.03. The Bertz CT molecular complexity index is 1180. The molecule has 8 heteroatoms. The van der Waals surface area contributed by atoms with Crippen molar-refractivity contribution in [3.05, 3.63) is 84.1 Å². The van der Waals surface area contributed by atoms with E-state index in [9.17, 15) is 8.42 Å². The minimum absolute atomic E-state index is 0.125. The summed E-state index contributed by atoms with van der Waals surface area (Å²) < 4.78 is 37.2. The summed E-state index contributed by atoms with van der Waals surface area (Å²) in [6.07, 6.45) is 5.16. The molecule has 0 aliphatic carbocycles. The molecule has 2 heterocycles. The van der Waals surface area contributed by atoms with Crippen LogP contribution in [0.1, 0.15) is 13.8 Å². The normalized spacial score (nSPS) is 10.9. The first-order valence-electron chi connectivity index (χ1n) is 9.98. The van der Waals surface area contributed by atoms with Gasteiger partial charge in [-0.2, -0.15) is 0 Å². The van der Waals surface area contributed by atoms with Gasteiger partial charge in [0.15, 0.2) is 11.0 Å². The number of aromatic nitrogens is 3. The summed E-state index contributed by atoms with van der Waals surface area (Å²) in [6, 6.07) is 17.7. The molecular formula is C23H26N4O3S. The predicted octanol–water partition coefficient (Wildman–Crippen LogP) is 4.45. The monoisotopic (exact) mass is 438 g/mol. The first-order valence-corrected chi connectivity index (χ1v) is 11.4. The van der Waals surface area contributed by atoms with E-state index in [1.54, 1.807) is 12.1 Å². The number of ether oxygens (including phenoxy) is 1. The molecule has 2 aromatic heterocycles. The Labute approximate surface area is 183 Å². The van der Waals surface area contributed by atoms with E-state index in [2.05, 4.69) is 63.3 Å². The second-order valence-electron chi connectivity index (χ2n) is 6.62. The third-order valence-electron chi connectivity index (χ3n) is 4.71. The molecule has 0 saturated heterocycles. The van der Waals surface area contributed by atoms with Gasteiger partial charge >= 0.3 is 0 Å². The number of nitrogens with zero attached hydrogens (tertiary/aromatic N) is 4. The van der Waals surface area contributed by atoms with Crippen LogP contribution in [0.4, 0.5) is 5.69 Å². The molecule has 0 aliphatic heterocycles. The maximum absolute atomic E-state index is 12.0. The van der Waals surface area contributed by atoms with Crippen LogP contribution in [0.5, 0.6) is 5.75 Å². The zero-order valence-electron chi connectivity index (χ0n) is 17.8. The van der Waals surface area contributed by atoms with E-state index in [0.29, 0.717) is 11.4 Å². The van der Waals surface area contributed by atoms with Crippen LogP contribution in [0.25, 0.3) is 15.8 Å². The first-order chi connectivity index (χ1) is 15.0. The lowest BCUT2D eigenvalue weighted by Crippen LogP contribution is -2.30. The van der Waals surface area contributed by atoms with Gasteiger partial charge in [0.25, 0.3) is 0 Å². The number of sulfonamides is 1. The average molecular weight is 439 g/mol. The molecule has 7 nitrogen and oxygen atoms in total. The Morgan fingerprint density at radius 2 is 1.68 bits per heavy atom. The quantitative estimate of drug-likeness (QED) is 0.417. The Hall–Kier alpha value is -3.39. The van der Waals surface area contributed by atoms with Gasteiger partial charge in [-0.3, -0.25) is 4.98 Å². The van der Waals surface area contributed by atoms with E-state index in [1.165, 1.54) is 54.8 Å². The van der Waals surface area contributed by atoms with Crippen LogP contribution in [-0.4, -0.2) is 25.1 Å². The number of fused-ring (bicyclic) bond motifs is 1. The Kier molecular flexibility index (Phi) is 7.25. The van der Waals surface area contributed by atoms with Crippen LogP contribution in [0.2, 0.25) is 0 Å². The van der Waals surface area contributed by atoms with E-state index in [4.69, 9.17) is 4.74 Å². The van der Waals surface area contributed by atoms with Crippen molar-refractivity contribution in [2.45, 2.75) is 31.8 Å². The van der Waals surface area contributed by atoms with Crippen LogP contribution in [-0.2, 0) is 23.1 Å². The highest BCUT2D eigenvalue weighted by Crippen LogP contribution is 2.27. The number of methoxy groups -OCH3 is 1. The van der Waals surface area contributed by atoms with Gasteiger partial charge in [0.05, 0.1) is 25.1 Å². The molecule has 0 spiro atoms. The maximum Gasteiger partial charge on any atom is 0.244 e. The van der Waals surface area contributed by atoms with Crippen molar-refractivity contribution < 1.29 is 17.7 Å². The Balaban J connectivity index is 0.000000185. The molecule has 0 bridgehead atoms. The molecule has 0 unspecified atom stereocenters. The summed E-state index contributed by atoms with van der Waals surface area (Å²) in [4.78, 5) is 3.92. The topological polar surface area (TPSA) is 79.2 Å². The molecule has 0 atom stereocenters. The summed E-state index contributed by atoms with van der Waals surface area (Å²) in [5.74, 6) is 0.595. The van der Waals surface area contributed by atoms with Crippen LogP contribution in [0, 0.1) is 0 Å². The number of aryl methyl sites for hydroxylation is 2. The van der Waals surface area contributed by atoms with E-state index >= 15 is 0 Å².